The summed E-state index contributed by atoms with van der Waals surface area (Å²) in [5, 5.41) is 2.09. The summed E-state index contributed by atoms with van der Waals surface area (Å²) >= 11 is 17.5. The van der Waals surface area contributed by atoms with Crippen molar-refractivity contribution in [3.05, 3.63) is 40.0 Å². The monoisotopic (exact) mass is 245 g/mol. The van der Waals surface area contributed by atoms with Crippen molar-refractivity contribution < 1.29 is 0 Å². The van der Waals surface area contributed by atoms with Crippen molar-refractivity contribution >= 4 is 45.7 Å². The summed E-state index contributed by atoms with van der Waals surface area (Å²) in [7, 11) is 0. The van der Waals surface area contributed by atoms with Gasteiger partial charge in [0, 0.05) is 16.0 Å². The lowest BCUT2D eigenvalue weighted by Gasteiger charge is -2.02. The minimum atomic E-state index is 0.365. The zero-order chi connectivity index (χ0) is 10.1. The number of halogens is 3. The lowest BCUT2D eigenvalue weighted by Crippen LogP contribution is -1.86. The minimum absolute atomic E-state index is 0.365. The van der Waals surface area contributed by atoms with Gasteiger partial charge in [0.05, 0.1) is 11.4 Å². The van der Waals surface area contributed by atoms with Gasteiger partial charge >= 0.3 is 0 Å². The summed E-state index contributed by atoms with van der Waals surface area (Å²) in [6.45, 7) is 0. The van der Waals surface area contributed by atoms with E-state index < -0.39 is 0 Å². The molecular formula is C10H6Cl3N. The lowest BCUT2D eigenvalue weighted by atomic mass is 10.2. The summed E-state index contributed by atoms with van der Waals surface area (Å²) in [5.41, 5.74) is 1.62. The van der Waals surface area contributed by atoms with Crippen LogP contribution in [0.3, 0.4) is 0 Å². The van der Waals surface area contributed by atoms with Gasteiger partial charge in [0.15, 0.2) is 0 Å². The third kappa shape index (κ3) is 1.81. The Labute approximate surface area is 96.6 Å². The first-order valence-corrected chi connectivity index (χ1v) is 5.30. The van der Waals surface area contributed by atoms with E-state index in [0.29, 0.717) is 16.1 Å². The molecule has 0 spiro atoms. The molecule has 0 bridgehead atoms. The maximum Gasteiger partial charge on any atom is 0.134 e. The van der Waals surface area contributed by atoms with Crippen LogP contribution >= 0.6 is 34.8 Å². The molecule has 1 heterocycles. The van der Waals surface area contributed by atoms with E-state index in [1.54, 1.807) is 6.07 Å². The largest absolute Gasteiger partial charge is 0.236 e. The van der Waals surface area contributed by atoms with Gasteiger partial charge in [-0.2, -0.15) is 0 Å². The molecule has 1 aromatic heterocycles. The van der Waals surface area contributed by atoms with Gasteiger partial charge in [-0.15, -0.1) is 11.6 Å². The van der Waals surface area contributed by atoms with Crippen LogP contribution in [-0.2, 0) is 5.88 Å². The van der Waals surface area contributed by atoms with Crippen molar-refractivity contribution in [3.63, 3.8) is 0 Å². The molecule has 0 radical (unpaired) electrons. The maximum atomic E-state index is 5.92. The fourth-order valence-corrected chi connectivity index (χ4v) is 1.91. The van der Waals surface area contributed by atoms with Crippen molar-refractivity contribution in [2.75, 3.05) is 0 Å². The molecule has 1 aromatic carbocycles. The second-order valence-corrected chi connectivity index (χ2v) is 3.97. The molecule has 4 heteroatoms. The van der Waals surface area contributed by atoms with E-state index in [0.717, 1.165) is 16.5 Å². The normalized spacial score (nSPS) is 10.8. The number of nitrogens with zero attached hydrogens (tertiary/aromatic N) is 1. The number of alkyl halides is 1. The Morgan fingerprint density at radius 1 is 1.14 bits per heavy atom. The molecule has 0 unspecified atom stereocenters. The maximum absolute atomic E-state index is 5.92. The zero-order valence-corrected chi connectivity index (χ0v) is 9.37. The number of hydrogen-bond donors (Lipinski definition) is 0. The highest BCUT2D eigenvalue weighted by molar-refractivity contribution is 6.32. The van der Waals surface area contributed by atoms with Crippen LogP contribution in [0.2, 0.25) is 10.2 Å². The van der Waals surface area contributed by atoms with Crippen molar-refractivity contribution in [1.82, 2.24) is 4.98 Å². The summed E-state index contributed by atoms with van der Waals surface area (Å²) in [6.07, 6.45) is 0. The fourth-order valence-electron chi connectivity index (χ4n) is 1.25. The van der Waals surface area contributed by atoms with Crippen LogP contribution in [0.1, 0.15) is 5.56 Å². The third-order valence-electron chi connectivity index (χ3n) is 1.95. The molecule has 0 amide bonds. The first-order chi connectivity index (χ1) is 6.70. The van der Waals surface area contributed by atoms with Crippen LogP contribution in [0, 0.1) is 0 Å². The van der Waals surface area contributed by atoms with Gasteiger partial charge in [0.2, 0.25) is 0 Å². The van der Waals surface area contributed by atoms with Crippen LogP contribution in [0.4, 0.5) is 0 Å². The summed E-state index contributed by atoms with van der Waals surface area (Å²) in [6, 6.07) is 7.42. The van der Waals surface area contributed by atoms with Gasteiger partial charge in [0.25, 0.3) is 0 Å². The molecule has 0 saturated carbocycles. The van der Waals surface area contributed by atoms with E-state index in [2.05, 4.69) is 4.98 Å². The van der Waals surface area contributed by atoms with Crippen molar-refractivity contribution in [1.29, 1.82) is 0 Å². The SMILES string of the molecule is ClCc1cc2ccc(Cl)cc2nc1Cl. The lowest BCUT2D eigenvalue weighted by molar-refractivity contribution is 1.30. The molecule has 14 heavy (non-hydrogen) atoms. The molecule has 0 aliphatic rings. The number of rotatable bonds is 1. The molecule has 2 aromatic rings. The van der Waals surface area contributed by atoms with Crippen LogP contribution < -0.4 is 0 Å². The highest BCUT2D eigenvalue weighted by Gasteiger charge is 2.03. The second-order valence-electron chi connectivity index (χ2n) is 2.91. The molecule has 0 fully saturated rings. The quantitative estimate of drug-likeness (QED) is 0.540. The van der Waals surface area contributed by atoms with Crippen LogP contribution in [0.15, 0.2) is 24.3 Å². The average Bonchev–Trinajstić information content (AvgIpc) is 2.16. The molecule has 2 rings (SSSR count). The summed E-state index contributed by atoms with van der Waals surface area (Å²) < 4.78 is 0. The number of hydrogen-bond acceptors (Lipinski definition) is 1. The van der Waals surface area contributed by atoms with E-state index in [1.165, 1.54) is 0 Å². The van der Waals surface area contributed by atoms with Gasteiger partial charge in [-0.1, -0.05) is 29.3 Å². The fraction of sp³-hybridized carbons (Fsp3) is 0.100. The molecular weight excluding hydrogens is 240 g/mol. The average molecular weight is 247 g/mol. The Morgan fingerprint density at radius 3 is 2.64 bits per heavy atom. The van der Waals surface area contributed by atoms with Crippen molar-refractivity contribution in [2.24, 2.45) is 0 Å². The van der Waals surface area contributed by atoms with Gasteiger partial charge < -0.3 is 0 Å². The molecule has 0 saturated heterocycles. The van der Waals surface area contributed by atoms with E-state index >= 15 is 0 Å². The highest BCUT2D eigenvalue weighted by Crippen LogP contribution is 2.24. The van der Waals surface area contributed by atoms with Crippen molar-refractivity contribution in [2.45, 2.75) is 5.88 Å². The van der Waals surface area contributed by atoms with E-state index in [1.807, 2.05) is 18.2 Å². The first-order valence-electron chi connectivity index (χ1n) is 4.01. The standard InChI is InChI=1S/C10H6Cl3N/c11-5-7-3-6-1-2-8(12)4-9(6)14-10(7)13/h1-4H,5H2. The number of pyridine rings is 1. The Morgan fingerprint density at radius 2 is 1.93 bits per heavy atom. The number of aromatic nitrogens is 1. The predicted molar refractivity (Wildman–Crippen MR) is 61.3 cm³/mol. The van der Waals surface area contributed by atoms with Gasteiger partial charge in [-0.25, -0.2) is 4.98 Å². The van der Waals surface area contributed by atoms with Gasteiger partial charge in [-0.3, -0.25) is 0 Å². The number of benzene rings is 1. The summed E-state index contributed by atoms with van der Waals surface area (Å²) in [4.78, 5) is 4.20. The first kappa shape index (κ1) is 10.0. The second kappa shape index (κ2) is 3.93. The number of fused-ring (bicyclic) bond motifs is 1. The minimum Gasteiger partial charge on any atom is -0.236 e. The van der Waals surface area contributed by atoms with E-state index in [-0.39, 0.29) is 0 Å². The van der Waals surface area contributed by atoms with Crippen LogP contribution in [0.5, 0.6) is 0 Å². The van der Waals surface area contributed by atoms with Gasteiger partial charge in [0.1, 0.15) is 5.15 Å². The van der Waals surface area contributed by atoms with Crippen LogP contribution in [-0.4, -0.2) is 4.98 Å². The predicted octanol–water partition coefficient (Wildman–Crippen LogP) is 4.28. The highest BCUT2D eigenvalue weighted by atomic mass is 35.5. The zero-order valence-electron chi connectivity index (χ0n) is 7.10. The smallest absolute Gasteiger partial charge is 0.134 e. The topological polar surface area (TPSA) is 12.9 Å². The Balaban J connectivity index is 2.73. The Kier molecular flexibility index (Phi) is 2.82. The Bertz CT molecular complexity index is 482. The molecule has 0 aliphatic carbocycles. The molecule has 0 aliphatic heterocycles. The van der Waals surface area contributed by atoms with Crippen molar-refractivity contribution in [3.8, 4) is 0 Å². The third-order valence-corrected chi connectivity index (χ3v) is 2.80. The Hall–Kier alpha value is -0.500. The molecule has 1 nitrogen and oxygen atoms in total. The molecule has 0 atom stereocenters. The van der Waals surface area contributed by atoms with E-state index in [4.69, 9.17) is 34.8 Å². The molecule has 72 valence electrons. The van der Waals surface area contributed by atoms with Crippen LogP contribution in [0.25, 0.3) is 10.9 Å². The van der Waals surface area contributed by atoms with E-state index in [9.17, 15) is 0 Å². The molecule has 0 N–H and O–H groups in total. The van der Waals surface area contributed by atoms with Gasteiger partial charge in [-0.05, 0) is 18.2 Å². The summed E-state index contributed by atoms with van der Waals surface area (Å²) in [5.74, 6) is 0.365.